The van der Waals surface area contributed by atoms with E-state index in [0.29, 0.717) is 17.8 Å². The third-order valence-electron chi connectivity index (χ3n) is 2.20. The maximum atomic E-state index is 5.72. The molecule has 2 rings (SSSR count). The molecule has 1 aromatic rings. The van der Waals surface area contributed by atoms with E-state index in [2.05, 4.69) is 4.98 Å². The van der Waals surface area contributed by atoms with Crippen molar-refractivity contribution in [2.24, 2.45) is 0 Å². The Kier molecular flexibility index (Phi) is 3.34. The van der Waals surface area contributed by atoms with Crippen LogP contribution in [0.25, 0.3) is 0 Å². The number of nitrogens with two attached hydrogens (primary N) is 1. The summed E-state index contributed by atoms with van der Waals surface area (Å²) in [5.41, 5.74) is 5.52. The molecule has 0 spiro atoms. The fourth-order valence-corrected chi connectivity index (χ4v) is 2.04. The smallest absolute Gasteiger partial charge is 0.180 e. The lowest BCUT2D eigenvalue weighted by Crippen LogP contribution is -2.23. The molecule has 0 atom stereocenters. The van der Waals surface area contributed by atoms with E-state index in [-0.39, 0.29) is 0 Å². The molecule has 0 aromatic carbocycles. The van der Waals surface area contributed by atoms with Crippen LogP contribution in [0.2, 0.25) is 0 Å². The molecule has 1 aliphatic rings. The van der Waals surface area contributed by atoms with Gasteiger partial charge in [-0.05, 0) is 12.8 Å². The van der Waals surface area contributed by atoms with Crippen molar-refractivity contribution in [1.82, 2.24) is 4.98 Å². The van der Waals surface area contributed by atoms with E-state index in [4.69, 9.17) is 15.2 Å². The van der Waals surface area contributed by atoms with Crippen molar-refractivity contribution in [2.45, 2.75) is 25.6 Å². The Morgan fingerprint density at radius 3 is 3.00 bits per heavy atom. The van der Waals surface area contributed by atoms with E-state index in [1.807, 2.05) is 0 Å². The fraction of sp³-hybridized carbons (Fsp3) is 0.667. The molecule has 1 fully saturated rings. The standard InChI is InChI=1S/C9H14N2O2S/c10-9-11-5-8(14-9)6-13-7-1-3-12-4-2-7/h5,7H,1-4,6H2,(H2,10,11). The fourth-order valence-electron chi connectivity index (χ4n) is 1.43. The van der Waals surface area contributed by atoms with Crippen LogP contribution in [0.5, 0.6) is 0 Å². The van der Waals surface area contributed by atoms with Crippen LogP contribution in [0, 0.1) is 0 Å². The number of ether oxygens (including phenoxy) is 2. The van der Waals surface area contributed by atoms with Gasteiger partial charge in [-0.2, -0.15) is 0 Å². The predicted molar refractivity (Wildman–Crippen MR) is 55.2 cm³/mol. The molecule has 0 radical (unpaired) electrons. The molecule has 1 aromatic heterocycles. The summed E-state index contributed by atoms with van der Waals surface area (Å²) in [6.45, 7) is 2.25. The van der Waals surface area contributed by atoms with Crippen LogP contribution in [0.1, 0.15) is 17.7 Å². The number of aromatic nitrogens is 1. The van der Waals surface area contributed by atoms with Crippen LogP contribution in [0.15, 0.2) is 6.20 Å². The van der Waals surface area contributed by atoms with Gasteiger partial charge in [0.2, 0.25) is 0 Å². The van der Waals surface area contributed by atoms with Crippen molar-refractivity contribution in [3.8, 4) is 0 Å². The first kappa shape index (κ1) is 9.89. The summed E-state index contributed by atoms with van der Waals surface area (Å²) in [6, 6.07) is 0. The molecular weight excluding hydrogens is 200 g/mol. The van der Waals surface area contributed by atoms with Crippen LogP contribution in [0.3, 0.4) is 0 Å². The number of hydrogen-bond donors (Lipinski definition) is 1. The highest BCUT2D eigenvalue weighted by molar-refractivity contribution is 7.15. The molecule has 5 heteroatoms. The first-order chi connectivity index (χ1) is 6.84. The van der Waals surface area contributed by atoms with Crippen molar-refractivity contribution in [3.63, 3.8) is 0 Å². The normalized spacial score (nSPS) is 18.6. The summed E-state index contributed by atoms with van der Waals surface area (Å²) in [6.07, 6.45) is 4.11. The van der Waals surface area contributed by atoms with Gasteiger partial charge in [0.05, 0.1) is 17.6 Å². The Balaban J connectivity index is 1.76. The quantitative estimate of drug-likeness (QED) is 0.826. The Bertz CT molecular complexity index is 284. The van der Waals surface area contributed by atoms with Gasteiger partial charge in [0.25, 0.3) is 0 Å². The largest absolute Gasteiger partial charge is 0.381 e. The number of rotatable bonds is 3. The maximum absolute atomic E-state index is 5.72. The minimum atomic E-state index is 0.340. The van der Waals surface area contributed by atoms with E-state index in [0.717, 1.165) is 30.9 Å². The van der Waals surface area contributed by atoms with Gasteiger partial charge in [0, 0.05) is 19.4 Å². The Hall–Kier alpha value is -0.650. The van der Waals surface area contributed by atoms with Crippen LogP contribution >= 0.6 is 11.3 Å². The van der Waals surface area contributed by atoms with Gasteiger partial charge in [-0.25, -0.2) is 4.98 Å². The molecule has 14 heavy (non-hydrogen) atoms. The summed E-state index contributed by atoms with van der Waals surface area (Å²) in [5.74, 6) is 0. The van der Waals surface area contributed by atoms with Crippen molar-refractivity contribution < 1.29 is 9.47 Å². The highest BCUT2D eigenvalue weighted by Gasteiger charge is 2.14. The summed E-state index contributed by atoms with van der Waals surface area (Å²) < 4.78 is 11.0. The molecule has 0 amide bonds. The van der Waals surface area contributed by atoms with Crippen LogP contribution in [-0.2, 0) is 16.1 Å². The van der Waals surface area contributed by atoms with Crippen molar-refractivity contribution in [1.29, 1.82) is 0 Å². The second kappa shape index (κ2) is 4.72. The van der Waals surface area contributed by atoms with Crippen LogP contribution < -0.4 is 5.73 Å². The lowest BCUT2D eigenvalue weighted by molar-refractivity contribution is -0.0383. The second-order valence-corrected chi connectivity index (χ2v) is 4.43. The van der Waals surface area contributed by atoms with Crippen molar-refractivity contribution >= 4 is 16.5 Å². The monoisotopic (exact) mass is 214 g/mol. The molecule has 2 heterocycles. The number of nitrogen functional groups attached to an aromatic ring is 1. The lowest BCUT2D eigenvalue weighted by atomic mass is 10.2. The van der Waals surface area contributed by atoms with Crippen molar-refractivity contribution in [3.05, 3.63) is 11.1 Å². The average Bonchev–Trinajstić information content (AvgIpc) is 2.63. The summed E-state index contributed by atoms with van der Waals surface area (Å²) in [7, 11) is 0. The van der Waals surface area contributed by atoms with Gasteiger partial charge < -0.3 is 15.2 Å². The summed E-state index contributed by atoms with van der Waals surface area (Å²) in [4.78, 5) is 5.06. The molecule has 4 nitrogen and oxygen atoms in total. The Morgan fingerprint density at radius 1 is 1.57 bits per heavy atom. The topological polar surface area (TPSA) is 57.4 Å². The summed E-state index contributed by atoms with van der Waals surface area (Å²) >= 11 is 1.49. The van der Waals surface area contributed by atoms with E-state index in [9.17, 15) is 0 Å². The molecule has 1 saturated heterocycles. The van der Waals surface area contributed by atoms with Gasteiger partial charge in [-0.1, -0.05) is 11.3 Å². The molecule has 78 valence electrons. The molecule has 0 aliphatic carbocycles. The van der Waals surface area contributed by atoms with E-state index < -0.39 is 0 Å². The lowest BCUT2D eigenvalue weighted by Gasteiger charge is -2.21. The first-order valence-electron chi connectivity index (χ1n) is 4.74. The molecule has 2 N–H and O–H groups in total. The SMILES string of the molecule is Nc1ncc(COC2CCOCC2)s1. The second-order valence-electron chi connectivity index (χ2n) is 3.29. The highest BCUT2D eigenvalue weighted by Crippen LogP contribution is 2.18. The molecule has 0 saturated carbocycles. The zero-order valence-corrected chi connectivity index (χ0v) is 8.76. The zero-order chi connectivity index (χ0) is 9.80. The van der Waals surface area contributed by atoms with Crippen LogP contribution in [-0.4, -0.2) is 24.3 Å². The van der Waals surface area contributed by atoms with E-state index in [1.54, 1.807) is 6.20 Å². The molecule has 0 unspecified atom stereocenters. The summed E-state index contributed by atoms with van der Waals surface area (Å²) in [5, 5.41) is 0.607. The van der Waals surface area contributed by atoms with E-state index in [1.165, 1.54) is 11.3 Å². The maximum Gasteiger partial charge on any atom is 0.180 e. The third kappa shape index (κ3) is 2.67. The predicted octanol–water partition coefficient (Wildman–Crippen LogP) is 1.42. The van der Waals surface area contributed by atoms with Gasteiger partial charge in [0.15, 0.2) is 5.13 Å². The van der Waals surface area contributed by atoms with Crippen LogP contribution in [0.4, 0.5) is 5.13 Å². The number of thiazole rings is 1. The van der Waals surface area contributed by atoms with E-state index >= 15 is 0 Å². The van der Waals surface area contributed by atoms with Gasteiger partial charge in [0.1, 0.15) is 0 Å². The number of anilines is 1. The number of hydrogen-bond acceptors (Lipinski definition) is 5. The minimum Gasteiger partial charge on any atom is -0.381 e. The minimum absolute atomic E-state index is 0.340. The van der Waals surface area contributed by atoms with Gasteiger partial charge in [-0.3, -0.25) is 0 Å². The Labute approximate surface area is 87.0 Å². The molecule has 1 aliphatic heterocycles. The molecular formula is C9H14N2O2S. The van der Waals surface area contributed by atoms with Gasteiger partial charge in [-0.15, -0.1) is 0 Å². The first-order valence-corrected chi connectivity index (χ1v) is 5.56. The third-order valence-corrected chi connectivity index (χ3v) is 3.00. The zero-order valence-electron chi connectivity index (χ0n) is 7.94. The highest BCUT2D eigenvalue weighted by atomic mass is 32.1. The average molecular weight is 214 g/mol. The molecule has 0 bridgehead atoms. The Morgan fingerprint density at radius 2 is 2.36 bits per heavy atom. The van der Waals surface area contributed by atoms with Crippen molar-refractivity contribution in [2.75, 3.05) is 18.9 Å². The number of nitrogens with zero attached hydrogens (tertiary/aromatic N) is 1. The van der Waals surface area contributed by atoms with Gasteiger partial charge >= 0.3 is 0 Å².